The Balaban J connectivity index is 1.59. The van der Waals surface area contributed by atoms with Gasteiger partial charge in [-0.1, -0.05) is 29.8 Å². The summed E-state index contributed by atoms with van der Waals surface area (Å²) in [5.74, 6) is 0.689. The van der Waals surface area contributed by atoms with Crippen LogP contribution in [0.1, 0.15) is 27.0 Å². The molecule has 2 aromatic carbocycles. The third kappa shape index (κ3) is 3.86. The lowest BCUT2D eigenvalue weighted by Gasteiger charge is -2.35. The molecule has 0 N–H and O–H groups in total. The lowest BCUT2D eigenvalue weighted by atomic mass is 9.95. The van der Waals surface area contributed by atoms with Gasteiger partial charge in [-0.05, 0) is 43.1 Å². The SMILES string of the molecule is COc1cc2c(cc1N1CCN(C)CC1)CC(Cc1cccc(CF)c1Cl)C2=O. The number of methoxy groups -OCH3 is 1. The first kappa shape index (κ1) is 20.2. The largest absolute Gasteiger partial charge is 0.495 e. The van der Waals surface area contributed by atoms with Crippen molar-refractivity contribution in [3.63, 3.8) is 0 Å². The van der Waals surface area contributed by atoms with E-state index in [4.69, 9.17) is 16.3 Å². The van der Waals surface area contributed by atoms with Crippen molar-refractivity contribution in [2.45, 2.75) is 19.5 Å². The third-order valence-electron chi connectivity index (χ3n) is 6.12. The number of ketones is 1. The maximum absolute atomic E-state index is 13.1. The van der Waals surface area contributed by atoms with E-state index in [1.807, 2.05) is 12.1 Å². The van der Waals surface area contributed by atoms with Crippen LogP contribution in [0.15, 0.2) is 30.3 Å². The highest BCUT2D eigenvalue weighted by atomic mass is 35.5. The maximum atomic E-state index is 13.1. The number of Topliss-reactive ketones (excluding diaryl/α,β-unsaturated/α-hetero) is 1. The summed E-state index contributed by atoms with van der Waals surface area (Å²) in [7, 11) is 3.78. The molecule has 0 aromatic heterocycles. The van der Waals surface area contributed by atoms with Gasteiger partial charge in [-0.3, -0.25) is 4.79 Å². The number of halogens is 2. The van der Waals surface area contributed by atoms with Crippen LogP contribution in [0.2, 0.25) is 5.02 Å². The summed E-state index contributed by atoms with van der Waals surface area (Å²) < 4.78 is 18.8. The minimum atomic E-state index is -0.600. The fourth-order valence-corrected chi connectivity index (χ4v) is 4.62. The number of likely N-dealkylation sites (N-methyl/N-ethyl adjacent to an activating group) is 1. The molecule has 0 spiro atoms. The van der Waals surface area contributed by atoms with Gasteiger partial charge in [0.15, 0.2) is 5.78 Å². The zero-order valence-electron chi connectivity index (χ0n) is 16.9. The lowest BCUT2D eigenvalue weighted by Crippen LogP contribution is -2.44. The van der Waals surface area contributed by atoms with Crippen LogP contribution in [0, 0.1) is 5.92 Å². The zero-order chi connectivity index (χ0) is 20.5. The number of alkyl halides is 1. The predicted octanol–water partition coefficient (Wildman–Crippen LogP) is 4.17. The van der Waals surface area contributed by atoms with Crippen molar-refractivity contribution in [1.29, 1.82) is 0 Å². The first-order chi connectivity index (χ1) is 14.0. The van der Waals surface area contributed by atoms with Crippen LogP contribution in [0.4, 0.5) is 10.1 Å². The number of nitrogens with zero attached hydrogens (tertiary/aromatic N) is 2. The van der Waals surface area contributed by atoms with Gasteiger partial charge in [0.2, 0.25) is 0 Å². The molecule has 0 saturated carbocycles. The highest BCUT2D eigenvalue weighted by molar-refractivity contribution is 6.32. The van der Waals surface area contributed by atoms with Gasteiger partial charge in [-0.2, -0.15) is 0 Å². The number of benzene rings is 2. The Labute approximate surface area is 176 Å². The number of anilines is 1. The molecule has 0 amide bonds. The molecule has 1 saturated heterocycles. The number of ether oxygens (including phenoxy) is 1. The maximum Gasteiger partial charge on any atom is 0.167 e. The molecule has 1 atom stereocenters. The normalized spacial score (nSPS) is 19.5. The summed E-state index contributed by atoms with van der Waals surface area (Å²) in [4.78, 5) is 17.7. The Morgan fingerprint density at radius 1 is 1.17 bits per heavy atom. The average molecular weight is 417 g/mol. The van der Waals surface area contributed by atoms with Gasteiger partial charge in [0, 0.05) is 48.2 Å². The summed E-state index contributed by atoms with van der Waals surface area (Å²) >= 11 is 6.35. The van der Waals surface area contributed by atoms with Crippen molar-refractivity contribution >= 4 is 23.1 Å². The second-order valence-electron chi connectivity index (χ2n) is 7.96. The van der Waals surface area contributed by atoms with Crippen molar-refractivity contribution in [2.24, 2.45) is 5.92 Å². The van der Waals surface area contributed by atoms with Gasteiger partial charge in [-0.15, -0.1) is 0 Å². The van der Waals surface area contributed by atoms with Crippen molar-refractivity contribution in [2.75, 3.05) is 45.2 Å². The van der Waals surface area contributed by atoms with E-state index in [1.54, 1.807) is 19.2 Å². The van der Waals surface area contributed by atoms with Crippen LogP contribution in [0.3, 0.4) is 0 Å². The fraction of sp³-hybridized carbons (Fsp3) is 0.435. The third-order valence-corrected chi connectivity index (χ3v) is 6.61. The van der Waals surface area contributed by atoms with E-state index in [1.165, 1.54) is 0 Å². The Bertz CT molecular complexity index is 925. The summed E-state index contributed by atoms with van der Waals surface area (Å²) in [6.45, 7) is 3.29. The van der Waals surface area contributed by atoms with Crippen molar-refractivity contribution < 1.29 is 13.9 Å². The summed E-state index contributed by atoms with van der Waals surface area (Å²) in [5.41, 5.74) is 4.17. The molecule has 6 heteroatoms. The van der Waals surface area contributed by atoms with Gasteiger partial charge in [-0.25, -0.2) is 4.39 Å². The van der Waals surface area contributed by atoms with E-state index in [9.17, 15) is 9.18 Å². The molecule has 154 valence electrons. The first-order valence-electron chi connectivity index (χ1n) is 10.0. The highest BCUT2D eigenvalue weighted by Crippen LogP contribution is 2.39. The molecule has 29 heavy (non-hydrogen) atoms. The van der Waals surface area contributed by atoms with E-state index >= 15 is 0 Å². The second kappa shape index (κ2) is 8.33. The van der Waals surface area contributed by atoms with Crippen LogP contribution >= 0.6 is 11.6 Å². The summed E-state index contributed by atoms with van der Waals surface area (Å²) in [6.07, 6.45) is 1.20. The molecular formula is C23H26ClFN2O2. The Hall–Kier alpha value is -2.11. The monoisotopic (exact) mass is 416 g/mol. The van der Waals surface area contributed by atoms with Gasteiger partial charge < -0.3 is 14.5 Å². The van der Waals surface area contributed by atoms with E-state index < -0.39 is 6.67 Å². The molecule has 2 aromatic rings. The smallest absolute Gasteiger partial charge is 0.167 e. The molecule has 1 heterocycles. The number of carbonyl (C=O) groups is 1. The Morgan fingerprint density at radius 2 is 1.90 bits per heavy atom. The van der Waals surface area contributed by atoms with Crippen LogP contribution in [0.25, 0.3) is 0 Å². The van der Waals surface area contributed by atoms with Crippen molar-refractivity contribution in [3.05, 3.63) is 57.6 Å². The van der Waals surface area contributed by atoms with E-state index in [2.05, 4.69) is 22.9 Å². The van der Waals surface area contributed by atoms with Gasteiger partial charge in [0.25, 0.3) is 0 Å². The molecule has 4 nitrogen and oxygen atoms in total. The first-order valence-corrected chi connectivity index (χ1v) is 10.4. The number of hydrogen-bond acceptors (Lipinski definition) is 4. The number of hydrogen-bond donors (Lipinski definition) is 0. The molecule has 1 aliphatic carbocycles. The Morgan fingerprint density at radius 3 is 2.59 bits per heavy atom. The summed E-state index contributed by atoms with van der Waals surface area (Å²) in [6, 6.07) is 9.39. The molecular weight excluding hydrogens is 391 g/mol. The Kier molecular flexibility index (Phi) is 5.79. The number of carbonyl (C=O) groups excluding carboxylic acids is 1. The van der Waals surface area contributed by atoms with Gasteiger partial charge in [0.1, 0.15) is 12.4 Å². The molecule has 1 unspecified atom stereocenters. The average Bonchev–Trinajstić information content (AvgIpc) is 3.04. The molecule has 2 aliphatic rings. The van der Waals surface area contributed by atoms with Gasteiger partial charge in [0.05, 0.1) is 12.8 Å². The van der Waals surface area contributed by atoms with E-state index in [-0.39, 0.29) is 11.7 Å². The quantitative estimate of drug-likeness (QED) is 0.732. The van der Waals surface area contributed by atoms with Crippen LogP contribution in [-0.2, 0) is 19.5 Å². The molecule has 1 fully saturated rings. The minimum Gasteiger partial charge on any atom is -0.495 e. The van der Waals surface area contributed by atoms with Gasteiger partial charge >= 0.3 is 0 Å². The predicted molar refractivity (Wildman–Crippen MR) is 114 cm³/mol. The van der Waals surface area contributed by atoms with Crippen LogP contribution in [-0.4, -0.2) is 51.0 Å². The number of fused-ring (bicyclic) bond motifs is 1. The van der Waals surface area contributed by atoms with E-state index in [0.29, 0.717) is 23.4 Å². The van der Waals surface area contributed by atoms with Crippen LogP contribution in [0.5, 0.6) is 5.75 Å². The molecule has 0 radical (unpaired) electrons. The summed E-state index contributed by atoms with van der Waals surface area (Å²) in [5, 5.41) is 0.439. The fourth-order valence-electron chi connectivity index (χ4n) is 4.37. The number of rotatable bonds is 5. The van der Waals surface area contributed by atoms with Crippen molar-refractivity contribution in [3.8, 4) is 5.75 Å². The second-order valence-corrected chi connectivity index (χ2v) is 8.34. The molecule has 1 aliphatic heterocycles. The standard InChI is InChI=1S/C23H26ClFN2O2/c1-26-6-8-27(9-7-26)20-12-17-11-18(23(28)19(17)13-21(20)29-2)10-15-4-3-5-16(14-25)22(15)24/h3-5,12-13,18H,6-11,14H2,1-2H3. The lowest BCUT2D eigenvalue weighted by molar-refractivity contribution is 0.0936. The topological polar surface area (TPSA) is 32.8 Å². The molecule has 0 bridgehead atoms. The highest BCUT2D eigenvalue weighted by Gasteiger charge is 2.33. The van der Waals surface area contributed by atoms with E-state index in [0.717, 1.165) is 54.3 Å². The molecule has 4 rings (SSSR count). The minimum absolute atomic E-state index is 0.116. The number of piperazine rings is 1. The van der Waals surface area contributed by atoms with Crippen molar-refractivity contribution in [1.82, 2.24) is 4.90 Å². The van der Waals surface area contributed by atoms with Crippen LogP contribution < -0.4 is 9.64 Å². The zero-order valence-corrected chi connectivity index (χ0v) is 17.6.